The van der Waals surface area contributed by atoms with E-state index in [4.69, 9.17) is 0 Å². The van der Waals surface area contributed by atoms with Crippen molar-refractivity contribution in [3.63, 3.8) is 0 Å². The van der Waals surface area contributed by atoms with Gasteiger partial charge >= 0.3 is 0 Å². The van der Waals surface area contributed by atoms with E-state index < -0.39 is 0 Å². The lowest BCUT2D eigenvalue weighted by molar-refractivity contribution is 0.428. The molecule has 3 rings (SSSR count). The first kappa shape index (κ1) is 10.5. The van der Waals surface area contributed by atoms with Gasteiger partial charge in [0.05, 0.1) is 10.2 Å². The van der Waals surface area contributed by atoms with Crippen LogP contribution in [0.25, 0.3) is 10.2 Å². The number of thiazole rings is 1. The van der Waals surface area contributed by atoms with Gasteiger partial charge in [0.1, 0.15) is 0 Å². The van der Waals surface area contributed by atoms with Crippen LogP contribution in [0.2, 0.25) is 0 Å². The van der Waals surface area contributed by atoms with Gasteiger partial charge in [-0.2, -0.15) is 0 Å². The molecule has 1 fully saturated rings. The molecule has 16 heavy (non-hydrogen) atoms. The van der Waals surface area contributed by atoms with E-state index in [1.807, 2.05) is 6.07 Å². The first-order chi connectivity index (χ1) is 7.83. The number of para-hydroxylation sites is 1. The molecule has 1 aliphatic heterocycles. The van der Waals surface area contributed by atoms with Gasteiger partial charge in [-0.25, -0.2) is 4.98 Å². The number of benzene rings is 1. The molecular weight excluding hydrogens is 237 g/mol. The van der Waals surface area contributed by atoms with Crippen molar-refractivity contribution >= 4 is 36.1 Å². The summed E-state index contributed by atoms with van der Waals surface area (Å²) in [5, 5.41) is 1.17. The normalized spacial score (nSPS) is 18.2. The van der Waals surface area contributed by atoms with Crippen molar-refractivity contribution in [1.29, 1.82) is 0 Å². The molecule has 2 aromatic rings. The lowest BCUT2D eigenvalue weighted by atomic mass is 10.3. The van der Waals surface area contributed by atoms with Crippen LogP contribution in [-0.4, -0.2) is 35.8 Å². The summed E-state index contributed by atoms with van der Waals surface area (Å²) >= 11 is 1.79. The van der Waals surface area contributed by atoms with Crippen LogP contribution in [0.4, 0.5) is 5.13 Å². The molecule has 0 aliphatic carbocycles. The molecule has 0 saturated carbocycles. The van der Waals surface area contributed by atoms with Crippen molar-refractivity contribution in [2.75, 3.05) is 31.1 Å². The van der Waals surface area contributed by atoms with E-state index in [1.165, 1.54) is 9.83 Å². The third-order valence-electron chi connectivity index (χ3n) is 2.87. The van der Waals surface area contributed by atoms with Gasteiger partial charge in [0.2, 0.25) is 0 Å². The van der Waals surface area contributed by atoms with Crippen molar-refractivity contribution in [2.24, 2.45) is 0 Å². The molecule has 0 spiro atoms. The minimum Gasteiger partial charge on any atom is -0.345 e. The molecule has 1 unspecified atom stereocenters. The van der Waals surface area contributed by atoms with Gasteiger partial charge in [-0.15, -0.1) is 0 Å². The van der Waals surface area contributed by atoms with E-state index in [2.05, 4.69) is 42.1 Å². The van der Waals surface area contributed by atoms with Gasteiger partial charge in [0.25, 0.3) is 0 Å². The number of fused-ring (bicyclic) bond motifs is 1. The Balaban J connectivity index is 1.88. The molecule has 1 atom stereocenters. The van der Waals surface area contributed by atoms with Gasteiger partial charge < -0.3 is 4.90 Å². The highest BCUT2D eigenvalue weighted by Crippen LogP contribution is 2.29. The molecule has 1 aromatic carbocycles. The summed E-state index contributed by atoms with van der Waals surface area (Å²) in [6.45, 7) is 4.34. The van der Waals surface area contributed by atoms with E-state index in [9.17, 15) is 0 Å². The lowest BCUT2D eigenvalue weighted by Crippen LogP contribution is -2.42. The maximum atomic E-state index is 4.68. The SMILES string of the molecule is PN1CCN(c2nc3ccccc3s2)CC1. The number of rotatable bonds is 1. The van der Waals surface area contributed by atoms with E-state index in [1.54, 1.807) is 11.3 Å². The molecule has 0 radical (unpaired) electrons. The minimum absolute atomic E-state index is 1.07. The lowest BCUT2D eigenvalue weighted by Gasteiger charge is -2.31. The molecule has 3 nitrogen and oxygen atoms in total. The van der Waals surface area contributed by atoms with Gasteiger partial charge in [0.15, 0.2) is 5.13 Å². The second-order valence-corrected chi connectivity index (χ2v) is 5.73. The molecule has 2 heterocycles. The maximum absolute atomic E-state index is 4.68. The number of hydrogen-bond acceptors (Lipinski definition) is 4. The van der Waals surface area contributed by atoms with Crippen molar-refractivity contribution in [1.82, 2.24) is 9.65 Å². The summed E-state index contributed by atoms with van der Waals surface area (Å²) in [4.78, 5) is 7.06. The van der Waals surface area contributed by atoms with Crippen LogP contribution in [0.15, 0.2) is 24.3 Å². The molecule has 1 saturated heterocycles. The van der Waals surface area contributed by atoms with E-state index in [-0.39, 0.29) is 0 Å². The van der Waals surface area contributed by atoms with Crippen molar-refractivity contribution < 1.29 is 0 Å². The average Bonchev–Trinajstić information content (AvgIpc) is 2.73. The fourth-order valence-corrected chi connectivity index (χ4v) is 3.16. The molecule has 0 N–H and O–H groups in total. The monoisotopic (exact) mass is 251 g/mol. The second-order valence-electron chi connectivity index (χ2n) is 3.99. The largest absolute Gasteiger partial charge is 0.345 e. The number of piperazine rings is 1. The molecular formula is C11H14N3PS. The summed E-state index contributed by atoms with van der Waals surface area (Å²) in [6, 6.07) is 8.35. The molecule has 84 valence electrons. The van der Waals surface area contributed by atoms with Crippen molar-refractivity contribution in [2.45, 2.75) is 0 Å². The molecule has 5 heteroatoms. The quantitative estimate of drug-likeness (QED) is 0.724. The molecule has 0 amide bonds. The maximum Gasteiger partial charge on any atom is 0.186 e. The zero-order chi connectivity index (χ0) is 11.0. The highest BCUT2D eigenvalue weighted by molar-refractivity contribution is 7.22. The number of anilines is 1. The van der Waals surface area contributed by atoms with E-state index in [0.717, 1.165) is 31.7 Å². The van der Waals surface area contributed by atoms with Crippen molar-refractivity contribution in [3.05, 3.63) is 24.3 Å². The van der Waals surface area contributed by atoms with E-state index in [0.29, 0.717) is 0 Å². The van der Waals surface area contributed by atoms with Gasteiger partial charge in [-0.1, -0.05) is 32.9 Å². The molecule has 1 aliphatic rings. The Bertz CT molecular complexity index is 458. The van der Waals surface area contributed by atoms with Gasteiger partial charge in [0, 0.05) is 26.2 Å². The second kappa shape index (κ2) is 4.28. The topological polar surface area (TPSA) is 19.4 Å². The summed E-state index contributed by atoms with van der Waals surface area (Å²) in [5.74, 6) is 0. The Hall–Kier alpha value is -0.700. The van der Waals surface area contributed by atoms with E-state index >= 15 is 0 Å². The number of nitrogens with zero attached hydrogens (tertiary/aromatic N) is 3. The predicted octanol–water partition coefficient (Wildman–Crippen LogP) is 2.21. The first-order valence-corrected chi connectivity index (χ1v) is 6.76. The highest BCUT2D eigenvalue weighted by Gasteiger charge is 2.17. The van der Waals surface area contributed by atoms with Crippen LogP contribution >= 0.6 is 20.7 Å². The Morgan fingerprint density at radius 2 is 1.88 bits per heavy atom. The Labute approximate surface area is 101 Å². The third-order valence-corrected chi connectivity index (χ3v) is 4.48. The van der Waals surface area contributed by atoms with Crippen molar-refractivity contribution in [3.8, 4) is 0 Å². The van der Waals surface area contributed by atoms with Crippen LogP contribution in [0.3, 0.4) is 0 Å². The summed E-state index contributed by atoms with van der Waals surface area (Å²) < 4.78 is 3.56. The van der Waals surface area contributed by atoms with Crippen LogP contribution in [0.1, 0.15) is 0 Å². The van der Waals surface area contributed by atoms with Crippen LogP contribution in [-0.2, 0) is 0 Å². The average molecular weight is 251 g/mol. The van der Waals surface area contributed by atoms with Crippen LogP contribution in [0, 0.1) is 0 Å². The van der Waals surface area contributed by atoms with Crippen LogP contribution in [0.5, 0.6) is 0 Å². The Kier molecular flexibility index (Phi) is 2.80. The summed E-state index contributed by atoms with van der Waals surface area (Å²) in [7, 11) is 2.77. The van der Waals surface area contributed by atoms with Gasteiger partial charge in [-0.05, 0) is 12.1 Å². The summed E-state index contributed by atoms with van der Waals surface area (Å²) in [6.07, 6.45) is 0. The standard InChI is InChI=1S/C11H14N3PS/c15-14-7-5-13(6-8-14)11-12-9-3-1-2-4-10(9)16-11/h1-4H,5-8,15H2. The number of aromatic nitrogens is 1. The number of hydrogen-bond donors (Lipinski definition) is 0. The zero-order valence-electron chi connectivity index (χ0n) is 8.97. The Morgan fingerprint density at radius 1 is 1.12 bits per heavy atom. The van der Waals surface area contributed by atoms with Gasteiger partial charge in [-0.3, -0.25) is 4.67 Å². The summed E-state index contributed by atoms with van der Waals surface area (Å²) in [5.41, 5.74) is 1.12. The zero-order valence-corrected chi connectivity index (χ0v) is 10.9. The third kappa shape index (κ3) is 1.93. The fraction of sp³-hybridized carbons (Fsp3) is 0.364. The van der Waals surface area contributed by atoms with Crippen LogP contribution < -0.4 is 4.90 Å². The predicted molar refractivity (Wildman–Crippen MR) is 73.1 cm³/mol. The minimum atomic E-state index is 1.07. The first-order valence-electron chi connectivity index (χ1n) is 5.43. The fourth-order valence-electron chi connectivity index (χ4n) is 1.91. The molecule has 1 aromatic heterocycles. The molecule has 0 bridgehead atoms. The smallest absolute Gasteiger partial charge is 0.186 e. The highest BCUT2D eigenvalue weighted by atomic mass is 32.1. The Morgan fingerprint density at radius 3 is 2.62 bits per heavy atom.